The van der Waals surface area contributed by atoms with Crippen LogP contribution in [0.5, 0.6) is 5.75 Å². The van der Waals surface area contributed by atoms with E-state index in [1.54, 1.807) is 12.1 Å². The third kappa shape index (κ3) is 1.69. The first-order chi connectivity index (χ1) is 5.66. The first kappa shape index (κ1) is 9.32. The van der Waals surface area contributed by atoms with Gasteiger partial charge in [0.1, 0.15) is 5.75 Å². The lowest BCUT2D eigenvalue weighted by Gasteiger charge is -2.11. The summed E-state index contributed by atoms with van der Waals surface area (Å²) in [6.07, 6.45) is -0.904. The molecule has 0 heterocycles. The molecule has 1 atom stereocenters. The van der Waals surface area contributed by atoms with Crippen molar-refractivity contribution in [1.29, 1.82) is 0 Å². The van der Waals surface area contributed by atoms with Gasteiger partial charge >= 0.3 is 0 Å². The summed E-state index contributed by atoms with van der Waals surface area (Å²) >= 11 is 5.73. The van der Waals surface area contributed by atoms with E-state index in [9.17, 15) is 10.2 Å². The van der Waals surface area contributed by atoms with Gasteiger partial charge in [0.05, 0.1) is 11.1 Å². The molecular formula is C8H10ClNO2. The number of rotatable bonds is 2. The van der Waals surface area contributed by atoms with E-state index in [-0.39, 0.29) is 12.3 Å². The van der Waals surface area contributed by atoms with E-state index in [0.717, 1.165) is 0 Å². The molecule has 0 radical (unpaired) electrons. The zero-order valence-corrected chi connectivity index (χ0v) is 7.12. The van der Waals surface area contributed by atoms with Gasteiger partial charge in [-0.15, -0.1) is 0 Å². The number of hydrogen-bond donors (Lipinski definition) is 3. The molecule has 4 heteroatoms. The fourth-order valence-corrected chi connectivity index (χ4v) is 1.27. The number of phenols is 1. The molecule has 0 unspecified atom stereocenters. The van der Waals surface area contributed by atoms with Gasteiger partial charge in [0, 0.05) is 12.1 Å². The standard InChI is InChI=1S/C8H10ClNO2/c9-5-2-1-3-6(11)8(5)7(12)4-10/h1-3,7,11-12H,4,10H2/t7-/m1/s1. The molecule has 0 saturated carbocycles. The minimum absolute atomic E-state index is 0.0274. The predicted molar refractivity (Wildman–Crippen MR) is 47.1 cm³/mol. The summed E-state index contributed by atoms with van der Waals surface area (Å²) in [6.45, 7) is 0.0390. The second kappa shape index (κ2) is 3.76. The molecule has 0 aliphatic rings. The molecule has 0 amide bonds. The van der Waals surface area contributed by atoms with Gasteiger partial charge in [-0.3, -0.25) is 0 Å². The summed E-state index contributed by atoms with van der Waals surface area (Å²) in [4.78, 5) is 0. The van der Waals surface area contributed by atoms with Crippen LogP contribution in [0.25, 0.3) is 0 Å². The highest BCUT2D eigenvalue weighted by molar-refractivity contribution is 6.31. The van der Waals surface area contributed by atoms with Crippen LogP contribution in [-0.2, 0) is 0 Å². The van der Waals surface area contributed by atoms with Crippen molar-refractivity contribution in [2.24, 2.45) is 5.73 Å². The van der Waals surface area contributed by atoms with E-state index in [2.05, 4.69) is 0 Å². The highest BCUT2D eigenvalue weighted by atomic mass is 35.5. The minimum atomic E-state index is -0.904. The summed E-state index contributed by atoms with van der Waals surface area (Å²) in [5, 5.41) is 18.9. The van der Waals surface area contributed by atoms with E-state index < -0.39 is 6.10 Å². The maximum atomic E-state index is 9.32. The van der Waals surface area contributed by atoms with Crippen LogP contribution < -0.4 is 5.73 Å². The number of hydrogen-bond acceptors (Lipinski definition) is 3. The first-order valence-electron chi connectivity index (χ1n) is 3.52. The van der Waals surface area contributed by atoms with Gasteiger partial charge in [-0.2, -0.15) is 0 Å². The Morgan fingerprint density at radius 1 is 1.50 bits per heavy atom. The molecule has 0 aliphatic heterocycles. The molecule has 0 saturated heterocycles. The quantitative estimate of drug-likeness (QED) is 0.648. The number of aliphatic hydroxyl groups is 1. The summed E-state index contributed by atoms with van der Waals surface area (Å²) in [5.74, 6) is -0.0274. The van der Waals surface area contributed by atoms with Gasteiger partial charge in [-0.25, -0.2) is 0 Å². The van der Waals surface area contributed by atoms with E-state index >= 15 is 0 Å². The maximum Gasteiger partial charge on any atom is 0.122 e. The van der Waals surface area contributed by atoms with Crippen LogP contribution in [0.15, 0.2) is 18.2 Å². The van der Waals surface area contributed by atoms with Crippen LogP contribution >= 0.6 is 11.6 Å². The molecule has 12 heavy (non-hydrogen) atoms. The van der Waals surface area contributed by atoms with Gasteiger partial charge in [-0.1, -0.05) is 17.7 Å². The molecule has 1 aromatic rings. The topological polar surface area (TPSA) is 66.5 Å². The van der Waals surface area contributed by atoms with Crippen molar-refractivity contribution < 1.29 is 10.2 Å². The SMILES string of the molecule is NC[C@@H](O)c1c(O)cccc1Cl. The molecule has 0 aliphatic carbocycles. The van der Waals surface area contributed by atoms with Crippen molar-refractivity contribution in [2.75, 3.05) is 6.54 Å². The van der Waals surface area contributed by atoms with Crippen molar-refractivity contribution in [1.82, 2.24) is 0 Å². The molecular weight excluding hydrogens is 178 g/mol. The Bertz CT molecular complexity index is 258. The fourth-order valence-electron chi connectivity index (χ4n) is 0.973. The van der Waals surface area contributed by atoms with Crippen molar-refractivity contribution in [3.63, 3.8) is 0 Å². The molecule has 0 fully saturated rings. The minimum Gasteiger partial charge on any atom is -0.508 e. The third-order valence-electron chi connectivity index (χ3n) is 1.59. The Hall–Kier alpha value is -0.770. The van der Waals surface area contributed by atoms with E-state index in [1.807, 2.05) is 0 Å². The summed E-state index contributed by atoms with van der Waals surface area (Å²) in [6, 6.07) is 4.65. The zero-order chi connectivity index (χ0) is 9.14. The Morgan fingerprint density at radius 3 is 2.67 bits per heavy atom. The van der Waals surface area contributed by atoms with Crippen molar-refractivity contribution in [3.05, 3.63) is 28.8 Å². The number of phenolic OH excluding ortho intramolecular Hbond substituents is 1. The lowest BCUT2D eigenvalue weighted by Crippen LogP contribution is -2.12. The molecule has 0 aromatic heterocycles. The second-order valence-electron chi connectivity index (χ2n) is 2.42. The van der Waals surface area contributed by atoms with Gasteiger partial charge in [0.2, 0.25) is 0 Å². The maximum absolute atomic E-state index is 9.32. The molecule has 66 valence electrons. The molecule has 4 N–H and O–H groups in total. The van der Waals surface area contributed by atoms with Crippen LogP contribution in [0.3, 0.4) is 0 Å². The number of aliphatic hydroxyl groups excluding tert-OH is 1. The van der Waals surface area contributed by atoms with Crippen molar-refractivity contribution in [2.45, 2.75) is 6.10 Å². The average molecular weight is 188 g/mol. The lowest BCUT2D eigenvalue weighted by atomic mass is 10.1. The number of nitrogens with two attached hydrogens (primary N) is 1. The fraction of sp³-hybridized carbons (Fsp3) is 0.250. The average Bonchev–Trinajstić information content (AvgIpc) is 2.03. The molecule has 1 aromatic carbocycles. The highest BCUT2D eigenvalue weighted by Crippen LogP contribution is 2.30. The van der Waals surface area contributed by atoms with Crippen LogP contribution in [0, 0.1) is 0 Å². The van der Waals surface area contributed by atoms with Crippen molar-refractivity contribution in [3.8, 4) is 5.75 Å². The van der Waals surface area contributed by atoms with E-state index in [0.29, 0.717) is 10.6 Å². The van der Waals surface area contributed by atoms with Crippen LogP contribution in [0.2, 0.25) is 5.02 Å². The summed E-state index contributed by atoms with van der Waals surface area (Å²) in [7, 11) is 0. The van der Waals surface area contributed by atoms with Crippen LogP contribution in [0.1, 0.15) is 11.7 Å². The largest absolute Gasteiger partial charge is 0.508 e. The second-order valence-corrected chi connectivity index (χ2v) is 2.83. The van der Waals surface area contributed by atoms with E-state index in [4.69, 9.17) is 17.3 Å². The third-order valence-corrected chi connectivity index (χ3v) is 1.92. The lowest BCUT2D eigenvalue weighted by molar-refractivity contribution is 0.183. The Balaban J connectivity index is 3.12. The Kier molecular flexibility index (Phi) is 2.92. The van der Waals surface area contributed by atoms with Gasteiger partial charge in [-0.05, 0) is 12.1 Å². The van der Waals surface area contributed by atoms with Crippen molar-refractivity contribution >= 4 is 11.6 Å². The van der Waals surface area contributed by atoms with Gasteiger partial charge in [0.25, 0.3) is 0 Å². The summed E-state index contributed by atoms with van der Waals surface area (Å²) < 4.78 is 0. The molecule has 0 spiro atoms. The van der Waals surface area contributed by atoms with Gasteiger partial charge in [0.15, 0.2) is 0 Å². The smallest absolute Gasteiger partial charge is 0.122 e. The Labute approximate surface area is 75.4 Å². The summed E-state index contributed by atoms with van der Waals surface area (Å²) in [5.41, 5.74) is 5.52. The van der Waals surface area contributed by atoms with Gasteiger partial charge < -0.3 is 15.9 Å². The number of halogens is 1. The number of aromatic hydroxyl groups is 1. The molecule has 1 rings (SSSR count). The predicted octanol–water partition coefficient (Wildman–Crippen LogP) is 1.04. The highest BCUT2D eigenvalue weighted by Gasteiger charge is 2.13. The Morgan fingerprint density at radius 2 is 2.17 bits per heavy atom. The molecule has 0 bridgehead atoms. The van der Waals surface area contributed by atoms with Crippen LogP contribution in [0.4, 0.5) is 0 Å². The number of benzene rings is 1. The molecule has 3 nitrogen and oxygen atoms in total. The van der Waals surface area contributed by atoms with E-state index in [1.165, 1.54) is 6.07 Å². The monoisotopic (exact) mass is 187 g/mol. The first-order valence-corrected chi connectivity index (χ1v) is 3.90. The zero-order valence-electron chi connectivity index (χ0n) is 6.37. The van der Waals surface area contributed by atoms with Crippen LogP contribution in [-0.4, -0.2) is 16.8 Å². The normalized spacial score (nSPS) is 12.9.